The first-order valence-corrected chi connectivity index (χ1v) is 10.4. The molecule has 33 heavy (non-hydrogen) atoms. The van der Waals surface area contributed by atoms with Crippen LogP contribution in [0.5, 0.6) is 17.2 Å². The predicted molar refractivity (Wildman–Crippen MR) is 124 cm³/mol. The number of benzene rings is 2. The minimum Gasteiger partial charge on any atom is -0.490 e. The summed E-state index contributed by atoms with van der Waals surface area (Å²) in [7, 11) is 1.64. The molecule has 3 heterocycles. The van der Waals surface area contributed by atoms with Gasteiger partial charge in [-0.15, -0.1) is 0 Å². The Balaban J connectivity index is 1.40. The van der Waals surface area contributed by atoms with E-state index in [-0.39, 0.29) is 0 Å². The van der Waals surface area contributed by atoms with E-state index in [1.807, 2.05) is 61.7 Å². The molecular weight excluding hydrogens is 420 g/mol. The van der Waals surface area contributed by atoms with E-state index in [2.05, 4.69) is 25.4 Å². The van der Waals surface area contributed by atoms with Gasteiger partial charge < -0.3 is 19.5 Å². The molecule has 2 aromatic carbocycles. The van der Waals surface area contributed by atoms with Gasteiger partial charge in [-0.3, -0.25) is 0 Å². The average Bonchev–Trinajstić information content (AvgIpc) is 3.29. The summed E-state index contributed by atoms with van der Waals surface area (Å²) in [4.78, 5) is 13.0. The molecule has 0 bridgehead atoms. The van der Waals surface area contributed by atoms with Crippen molar-refractivity contribution in [1.82, 2.24) is 24.6 Å². The molecule has 0 aliphatic heterocycles. The molecule has 0 aliphatic carbocycles. The number of pyridine rings is 1. The van der Waals surface area contributed by atoms with Crippen molar-refractivity contribution in [2.24, 2.45) is 0 Å². The number of hydrogen-bond acceptors (Lipinski definition) is 8. The molecule has 0 saturated heterocycles. The molecule has 166 valence electrons. The molecule has 0 spiro atoms. The number of methoxy groups -OCH3 is 1. The summed E-state index contributed by atoms with van der Waals surface area (Å²) in [5.41, 5.74) is 3.36. The van der Waals surface area contributed by atoms with Gasteiger partial charge >= 0.3 is 0 Å². The average molecular weight is 442 g/mol. The molecule has 0 radical (unpaired) electrons. The van der Waals surface area contributed by atoms with Crippen molar-refractivity contribution in [3.8, 4) is 17.2 Å². The van der Waals surface area contributed by atoms with Crippen molar-refractivity contribution in [3.05, 3.63) is 72.9 Å². The van der Waals surface area contributed by atoms with E-state index in [0.717, 1.165) is 33.6 Å². The molecular formula is C24H22N6O3. The molecule has 0 fully saturated rings. The zero-order valence-corrected chi connectivity index (χ0v) is 18.2. The minimum absolute atomic E-state index is 0.440. The third kappa shape index (κ3) is 4.39. The molecule has 0 atom stereocenters. The van der Waals surface area contributed by atoms with Crippen molar-refractivity contribution < 1.29 is 14.2 Å². The van der Waals surface area contributed by atoms with Crippen LogP contribution < -0.4 is 14.8 Å². The zero-order valence-electron chi connectivity index (χ0n) is 18.2. The molecule has 9 nitrogen and oxygen atoms in total. The summed E-state index contributed by atoms with van der Waals surface area (Å²) in [6.07, 6.45) is 4.86. The van der Waals surface area contributed by atoms with E-state index in [9.17, 15) is 0 Å². The fraction of sp³-hybridized carbons (Fsp3) is 0.167. The summed E-state index contributed by atoms with van der Waals surface area (Å²) >= 11 is 0. The van der Waals surface area contributed by atoms with Crippen molar-refractivity contribution >= 4 is 28.1 Å². The minimum atomic E-state index is 0.440. The molecule has 0 amide bonds. The van der Waals surface area contributed by atoms with Gasteiger partial charge in [0.05, 0.1) is 17.5 Å². The Morgan fingerprint density at radius 2 is 1.88 bits per heavy atom. The van der Waals surface area contributed by atoms with Gasteiger partial charge in [0.25, 0.3) is 0 Å². The van der Waals surface area contributed by atoms with Crippen LogP contribution in [0.1, 0.15) is 5.56 Å². The fourth-order valence-electron chi connectivity index (χ4n) is 3.49. The van der Waals surface area contributed by atoms with Gasteiger partial charge in [0.2, 0.25) is 0 Å². The van der Waals surface area contributed by atoms with E-state index in [1.165, 1.54) is 12.7 Å². The summed E-state index contributed by atoms with van der Waals surface area (Å²) in [5, 5.41) is 8.31. The lowest BCUT2D eigenvalue weighted by Gasteiger charge is -2.14. The first-order chi connectivity index (χ1) is 16.2. The van der Waals surface area contributed by atoms with Crippen LogP contribution in [-0.2, 0) is 4.74 Å². The van der Waals surface area contributed by atoms with Crippen molar-refractivity contribution in [3.63, 3.8) is 0 Å². The highest BCUT2D eigenvalue weighted by Gasteiger charge is 2.12. The highest BCUT2D eigenvalue weighted by atomic mass is 16.5. The number of aryl methyl sites for hydroxylation is 1. The second kappa shape index (κ2) is 9.09. The van der Waals surface area contributed by atoms with Crippen molar-refractivity contribution in [1.29, 1.82) is 0 Å². The number of anilines is 2. The van der Waals surface area contributed by atoms with Crippen LogP contribution >= 0.6 is 0 Å². The van der Waals surface area contributed by atoms with Crippen LogP contribution in [-0.4, -0.2) is 44.9 Å². The summed E-state index contributed by atoms with van der Waals surface area (Å²) in [6.45, 7) is 2.93. The van der Waals surface area contributed by atoms with Crippen LogP contribution in [0.15, 0.2) is 67.4 Å². The van der Waals surface area contributed by atoms with Crippen LogP contribution in [0.25, 0.3) is 16.6 Å². The third-order valence-electron chi connectivity index (χ3n) is 5.09. The smallest absolute Gasteiger partial charge is 0.158 e. The lowest BCUT2D eigenvalue weighted by molar-refractivity contribution is 0.147. The molecule has 0 aliphatic rings. The van der Waals surface area contributed by atoms with Crippen LogP contribution in [0.3, 0.4) is 0 Å². The van der Waals surface area contributed by atoms with Crippen LogP contribution in [0, 0.1) is 6.92 Å². The number of rotatable bonds is 8. The maximum absolute atomic E-state index is 6.07. The molecule has 9 heteroatoms. The maximum Gasteiger partial charge on any atom is 0.158 e. The van der Waals surface area contributed by atoms with Gasteiger partial charge in [-0.05, 0) is 48.9 Å². The normalized spacial score (nSPS) is 11.1. The number of aromatic nitrogens is 5. The fourth-order valence-corrected chi connectivity index (χ4v) is 3.49. The maximum atomic E-state index is 6.07. The number of ether oxygens (including phenoxy) is 3. The van der Waals surface area contributed by atoms with Gasteiger partial charge in [0.15, 0.2) is 5.65 Å². The molecule has 1 N–H and O–H groups in total. The lowest BCUT2D eigenvalue weighted by Crippen LogP contribution is -2.05. The summed E-state index contributed by atoms with van der Waals surface area (Å²) < 4.78 is 18.7. The molecule has 0 unspecified atom stereocenters. The van der Waals surface area contributed by atoms with E-state index >= 15 is 0 Å². The second-order valence-electron chi connectivity index (χ2n) is 7.35. The SMILES string of the molecule is COCCOc1cccc2ncnc(Nc3ccc(Oc4ccn5ncnc5c4)c(C)c3)c12. The summed E-state index contributed by atoms with van der Waals surface area (Å²) in [5.74, 6) is 2.81. The quantitative estimate of drug-likeness (QED) is 0.350. The van der Waals surface area contributed by atoms with Gasteiger partial charge in [-0.2, -0.15) is 5.10 Å². The van der Waals surface area contributed by atoms with E-state index in [0.29, 0.717) is 30.5 Å². The Bertz CT molecular complexity index is 1410. The Morgan fingerprint density at radius 3 is 2.76 bits per heavy atom. The topological polar surface area (TPSA) is 95.7 Å². The standard InChI is InChI=1S/C24H22N6O3/c1-16-12-17(6-7-20(16)33-18-8-9-30-22(13-18)26-15-28-30)29-24-23-19(25-14-27-24)4-3-5-21(23)32-11-10-31-2/h3-9,12-15H,10-11H2,1-2H3,(H,25,27,29). The third-order valence-corrected chi connectivity index (χ3v) is 5.09. The monoisotopic (exact) mass is 442 g/mol. The highest BCUT2D eigenvalue weighted by molar-refractivity contribution is 5.95. The lowest BCUT2D eigenvalue weighted by atomic mass is 10.1. The first-order valence-electron chi connectivity index (χ1n) is 10.4. The van der Waals surface area contributed by atoms with E-state index in [4.69, 9.17) is 14.2 Å². The Morgan fingerprint density at radius 1 is 0.939 bits per heavy atom. The Kier molecular flexibility index (Phi) is 5.69. The molecule has 3 aromatic heterocycles. The van der Waals surface area contributed by atoms with Gasteiger partial charge in [0.1, 0.15) is 42.3 Å². The predicted octanol–water partition coefficient (Wildman–Crippen LogP) is 4.54. The van der Waals surface area contributed by atoms with Crippen LogP contribution in [0.4, 0.5) is 11.5 Å². The Hall–Kier alpha value is -4.24. The number of fused-ring (bicyclic) bond motifs is 2. The zero-order chi connectivity index (χ0) is 22.6. The van der Waals surface area contributed by atoms with E-state index in [1.54, 1.807) is 11.6 Å². The van der Waals surface area contributed by atoms with Gasteiger partial charge in [-0.25, -0.2) is 19.5 Å². The largest absolute Gasteiger partial charge is 0.490 e. The van der Waals surface area contributed by atoms with Crippen LogP contribution in [0.2, 0.25) is 0 Å². The second-order valence-corrected chi connectivity index (χ2v) is 7.35. The van der Waals surface area contributed by atoms with Gasteiger partial charge in [-0.1, -0.05) is 6.07 Å². The molecule has 5 rings (SSSR count). The number of hydrogen-bond donors (Lipinski definition) is 1. The highest BCUT2D eigenvalue weighted by Crippen LogP contribution is 2.33. The number of nitrogens with one attached hydrogen (secondary N) is 1. The van der Waals surface area contributed by atoms with Crippen molar-refractivity contribution in [2.75, 3.05) is 25.6 Å². The number of nitrogens with zero attached hydrogens (tertiary/aromatic N) is 5. The first kappa shape index (κ1) is 20.7. The van der Waals surface area contributed by atoms with Crippen molar-refractivity contribution in [2.45, 2.75) is 6.92 Å². The Labute approximate surface area is 190 Å². The van der Waals surface area contributed by atoms with E-state index < -0.39 is 0 Å². The summed E-state index contributed by atoms with van der Waals surface area (Å²) in [6, 6.07) is 15.3. The molecule has 0 saturated carbocycles. The van der Waals surface area contributed by atoms with Gasteiger partial charge in [0, 0.05) is 25.1 Å². The molecule has 5 aromatic rings.